The fourth-order valence-corrected chi connectivity index (χ4v) is 2.52. The van der Waals surface area contributed by atoms with Gasteiger partial charge >= 0.3 is 22.9 Å². The number of nitro groups is 1. The highest BCUT2D eigenvalue weighted by Gasteiger charge is 2.18. The van der Waals surface area contributed by atoms with Crippen LogP contribution in [0.3, 0.4) is 0 Å². The zero-order chi connectivity index (χ0) is 21.7. The molecule has 0 fully saturated rings. The number of nitrogens with one attached hydrogen (secondary N) is 2. The maximum Gasteiger partial charge on any atom is 0.357 e. The number of H-pyrrole nitrogens is 2. The number of carbonyl (C=O) groups is 1. The largest absolute Gasteiger partial charge is 0.497 e. The fraction of sp³-hybridized carbons (Fsp3) is 0.0500. The predicted molar refractivity (Wildman–Crippen MR) is 108 cm³/mol. The second-order valence-corrected chi connectivity index (χ2v) is 5.95. The second-order valence-electron chi connectivity index (χ2n) is 5.95. The standard InChI is InChI=1S/C20H15N3O7/c1-29-14-9-5-13(6-10-14)19(25)30-15-7-2-12(3-8-15)4-11-16-17(23(27)28)18(24)22-20(26)21-16/h2-11H,1H3,(H2,21,22,24,26)/b11-4-. The number of aromatic nitrogens is 2. The third-order valence-electron chi connectivity index (χ3n) is 3.99. The number of rotatable bonds is 6. The van der Waals surface area contributed by atoms with Crippen molar-refractivity contribution in [3.8, 4) is 11.5 Å². The summed E-state index contributed by atoms with van der Waals surface area (Å²) in [7, 11) is 1.52. The lowest BCUT2D eigenvalue weighted by molar-refractivity contribution is -0.386. The molecule has 10 heteroatoms. The Labute approximate surface area is 168 Å². The average Bonchev–Trinajstić information content (AvgIpc) is 2.72. The number of hydrogen-bond acceptors (Lipinski definition) is 7. The normalized spacial score (nSPS) is 10.7. The summed E-state index contributed by atoms with van der Waals surface area (Å²) in [4.78, 5) is 49.3. The van der Waals surface area contributed by atoms with Crippen LogP contribution in [0.25, 0.3) is 12.2 Å². The van der Waals surface area contributed by atoms with Gasteiger partial charge in [-0.3, -0.25) is 19.9 Å². The second kappa shape index (κ2) is 8.69. The van der Waals surface area contributed by atoms with Crippen LogP contribution in [0.2, 0.25) is 0 Å². The van der Waals surface area contributed by atoms with E-state index in [1.54, 1.807) is 41.4 Å². The van der Waals surface area contributed by atoms with E-state index in [0.717, 1.165) is 0 Å². The molecule has 1 heterocycles. The predicted octanol–water partition coefficient (Wildman–Crippen LogP) is 2.37. The molecule has 30 heavy (non-hydrogen) atoms. The van der Waals surface area contributed by atoms with Crippen LogP contribution in [0.5, 0.6) is 11.5 Å². The molecule has 1 aromatic heterocycles. The zero-order valence-electron chi connectivity index (χ0n) is 15.6. The van der Waals surface area contributed by atoms with Crippen molar-refractivity contribution >= 4 is 23.8 Å². The minimum absolute atomic E-state index is 0.233. The van der Waals surface area contributed by atoms with Gasteiger partial charge in [0, 0.05) is 0 Å². The van der Waals surface area contributed by atoms with E-state index in [2.05, 4.69) is 4.98 Å². The van der Waals surface area contributed by atoms with Gasteiger partial charge in [0.05, 0.1) is 17.6 Å². The van der Waals surface area contributed by atoms with Crippen molar-refractivity contribution in [2.45, 2.75) is 0 Å². The Hall–Kier alpha value is -4.47. The first kappa shape index (κ1) is 20.3. The highest BCUT2D eigenvalue weighted by atomic mass is 16.6. The Balaban J connectivity index is 1.75. The summed E-state index contributed by atoms with van der Waals surface area (Å²) in [6.45, 7) is 0. The van der Waals surface area contributed by atoms with Crippen molar-refractivity contribution < 1.29 is 19.2 Å². The van der Waals surface area contributed by atoms with Gasteiger partial charge in [-0.05, 0) is 48.0 Å². The summed E-state index contributed by atoms with van der Waals surface area (Å²) in [6, 6.07) is 12.7. The van der Waals surface area contributed by atoms with Gasteiger partial charge < -0.3 is 14.5 Å². The van der Waals surface area contributed by atoms with Crippen molar-refractivity contribution in [2.24, 2.45) is 0 Å². The van der Waals surface area contributed by atoms with Gasteiger partial charge in [0.25, 0.3) is 0 Å². The maximum absolute atomic E-state index is 12.2. The van der Waals surface area contributed by atoms with E-state index in [-0.39, 0.29) is 5.69 Å². The van der Waals surface area contributed by atoms with Crippen LogP contribution in [0.4, 0.5) is 5.69 Å². The van der Waals surface area contributed by atoms with E-state index in [9.17, 15) is 24.5 Å². The molecule has 0 atom stereocenters. The molecule has 0 unspecified atom stereocenters. The first-order chi connectivity index (χ1) is 14.4. The third kappa shape index (κ3) is 4.68. The monoisotopic (exact) mass is 409 g/mol. The average molecular weight is 409 g/mol. The fourth-order valence-electron chi connectivity index (χ4n) is 2.52. The molecule has 0 saturated carbocycles. The maximum atomic E-state index is 12.2. The molecule has 152 valence electrons. The number of methoxy groups -OCH3 is 1. The molecule has 0 aliphatic rings. The highest BCUT2D eigenvalue weighted by molar-refractivity contribution is 5.91. The van der Waals surface area contributed by atoms with Gasteiger partial charge in [-0.1, -0.05) is 18.2 Å². The van der Waals surface area contributed by atoms with Crippen molar-refractivity contribution in [2.75, 3.05) is 7.11 Å². The summed E-state index contributed by atoms with van der Waals surface area (Å²) < 4.78 is 10.3. The van der Waals surface area contributed by atoms with Gasteiger partial charge in [-0.25, -0.2) is 9.59 Å². The highest BCUT2D eigenvalue weighted by Crippen LogP contribution is 2.18. The van der Waals surface area contributed by atoms with Crippen LogP contribution >= 0.6 is 0 Å². The van der Waals surface area contributed by atoms with Gasteiger partial charge in [0.15, 0.2) is 0 Å². The number of aromatic amines is 2. The van der Waals surface area contributed by atoms with E-state index >= 15 is 0 Å². The lowest BCUT2D eigenvalue weighted by Gasteiger charge is -2.05. The van der Waals surface area contributed by atoms with Gasteiger partial charge in [0.1, 0.15) is 17.2 Å². The van der Waals surface area contributed by atoms with Gasteiger partial charge in [-0.15, -0.1) is 0 Å². The SMILES string of the molecule is COc1ccc(C(=O)Oc2ccc(/C=C\c3[nH]c(=O)[nH]c(=O)c3[N+](=O)[O-])cc2)cc1. The molecular formula is C20H15N3O7. The van der Waals surface area contributed by atoms with Crippen LogP contribution in [0, 0.1) is 10.1 Å². The van der Waals surface area contributed by atoms with E-state index in [0.29, 0.717) is 22.6 Å². The molecule has 0 aliphatic carbocycles. The number of nitrogens with zero attached hydrogens (tertiary/aromatic N) is 1. The van der Waals surface area contributed by atoms with Crippen LogP contribution in [-0.4, -0.2) is 28.0 Å². The summed E-state index contributed by atoms with van der Waals surface area (Å²) in [6.07, 6.45) is 2.71. The minimum atomic E-state index is -1.09. The molecule has 10 nitrogen and oxygen atoms in total. The van der Waals surface area contributed by atoms with Crippen molar-refractivity contribution in [3.63, 3.8) is 0 Å². The Morgan fingerprint density at radius 2 is 1.60 bits per heavy atom. The first-order valence-electron chi connectivity index (χ1n) is 8.53. The molecule has 2 N–H and O–H groups in total. The summed E-state index contributed by atoms with van der Waals surface area (Å²) in [5.74, 6) is 0.367. The molecular weight excluding hydrogens is 394 g/mol. The van der Waals surface area contributed by atoms with Crippen LogP contribution < -0.4 is 20.7 Å². The van der Waals surface area contributed by atoms with Crippen molar-refractivity contribution in [1.29, 1.82) is 0 Å². The van der Waals surface area contributed by atoms with E-state index in [1.165, 1.54) is 31.4 Å². The number of benzene rings is 2. The zero-order valence-corrected chi connectivity index (χ0v) is 15.6. The Morgan fingerprint density at radius 1 is 0.967 bits per heavy atom. The smallest absolute Gasteiger partial charge is 0.357 e. The number of hydrogen-bond donors (Lipinski definition) is 2. The molecule has 3 rings (SSSR count). The van der Waals surface area contributed by atoms with Crippen LogP contribution in [0.1, 0.15) is 21.6 Å². The lowest BCUT2D eigenvalue weighted by Crippen LogP contribution is -2.25. The van der Waals surface area contributed by atoms with E-state index in [1.807, 2.05) is 0 Å². The summed E-state index contributed by atoms with van der Waals surface area (Å²) in [5, 5.41) is 11.0. The minimum Gasteiger partial charge on any atom is -0.497 e. The number of ether oxygens (including phenoxy) is 2. The molecule has 3 aromatic rings. The van der Waals surface area contributed by atoms with Crippen molar-refractivity contribution in [3.05, 3.63) is 96.3 Å². The Kier molecular flexibility index (Phi) is 5.87. The number of carbonyl (C=O) groups excluding carboxylic acids is 1. The lowest BCUT2D eigenvalue weighted by atomic mass is 10.2. The molecule has 0 radical (unpaired) electrons. The Morgan fingerprint density at radius 3 is 2.20 bits per heavy atom. The van der Waals surface area contributed by atoms with E-state index < -0.39 is 27.8 Å². The molecule has 0 amide bonds. The van der Waals surface area contributed by atoms with Crippen LogP contribution in [0.15, 0.2) is 58.1 Å². The van der Waals surface area contributed by atoms with Gasteiger partial charge in [-0.2, -0.15) is 0 Å². The van der Waals surface area contributed by atoms with E-state index in [4.69, 9.17) is 9.47 Å². The summed E-state index contributed by atoms with van der Waals surface area (Å²) >= 11 is 0. The quantitative estimate of drug-likeness (QED) is 0.275. The van der Waals surface area contributed by atoms with Crippen molar-refractivity contribution in [1.82, 2.24) is 9.97 Å². The molecule has 0 spiro atoms. The molecule has 2 aromatic carbocycles. The molecule has 0 aliphatic heterocycles. The summed E-state index contributed by atoms with van der Waals surface area (Å²) in [5.41, 5.74) is -2.00. The number of esters is 1. The third-order valence-corrected chi connectivity index (χ3v) is 3.99. The van der Waals surface area contributed by atoms with Crippen LogP contribution in [-0.2, 0) is 0 Å². The molecule has 0 saturated heterocycles. The van der Waals surface area contributed by atoms with Gasteiger partial charge in [0.2, 0.25) is 0 Å². The Bertz CT molecular complexity index is 1220. The first-order valence-corrected chi connectivity index (χ1v) is 8.53. The molecule has 0 bridgehead atoms. The topological polar surface area (TPSA) is 144 Å².